The fourth-order valence-electron chi connectivity index (χ4n) is 1.70. The lowest BCUT2D eigenvalue weighted by Gasteiger charge is -2.05. The van der Waals surface area contributed by atoms with E-state index >= 15 is 0 Å². The number of anilines is 1. The van der Waals surface area contributed by atoms with Crippen LogP contribution in [0.25, 0.3) is 21.6 Å². The van der Waals surface area contributed by atoms with Crippen LogP contribution in [0.15, 0.2) is 47.6 Å². The molecule has 0 fully saturated rings. The molecule has 0 aliphatic rings. The summed E-state index contributed by atoms with van der Waals surface area (Å²) in [5.74, 6) is 0. The van der Waals surface area contributed by atoms with Crippen LogP contribution in [-0.2, 0) is 0 Å². The first kappa shape index (κ1) is 11.0. The lowest BCUT2D eigenvalue weighted by molar-refractivity contribution is 1.45. The van der Waals surface area contributed by atoms with Crippen LogP contribution in [0.4, 0.5) is 11.4 Å². The maximum Gasteiger partial charge on any atom is 0.0605 e. The molecule has 84 valence electrons. The van der Waals surface area contributed by atoms with Crippen LogP contribution < -0.4 is 5.73 Å². The van der Waals surface area contributed by atoms with Crippen molar-refractivity contribution in [2.45, 2.75) is 6.92 Å². The zero-order valence-corrected chi connectivity index (χ0v) is 9.46. The molecule has 17 heavy (non-hydrogen) atoms. The van der Waals surface area contributed by atoms with Crippen LogP contribution in [0.1, 0.15) is 5.56 Å². The van der Waals surface area contributed by atoms with Gasteiger partial charge in [0.05, 0.1) is 5.69 Å². The highest BCUT2D eigenvalue weighted by Gasteiger charge is 2.01. The van der Waals surface area contributed by atoms with Crippen molar-refractivity contribution >= 4 is 11.4 Å². The van der Waals surface area contributed by atoms with Crippen LogP contribution in [0.3, 0.4) is 0 Å². The van der Waals surface area contributed by atoms with Gasteiger partial charge in [0.25, 0.3) is 0 Å². The molecule has 0 unspecified atom stereocenters. The number of azide groups is 1. The van der Waals surface area contributed by atoms with Crippen molar-refractivity contribution in [2.75, 3.05) is 5.73 Å². The number of rotatable bonds is 2. The summed E-state index contributed by atoms with van der Waals surface area (Å²) >= 11 is 0. The smallest absolute Gasteiger partial charge is 0.0605 e. The summed E-state index contributed by atoms with van der Waals surface area (Å²) in [4.78, 5) is 2.73. The van der Waals surface area contributed by atoms with E-state index in [1.54, 1.807) is 6.07 Å². The number of nitrogen functional groups attached to an aromatic ring is 1. The molecule has 4 heteroatoms. The second-order valence-electron chi connectivity index (χ2n) is 3.83. The van der Waals surface area contributed by atoms with Gasteiger partial charge >= 0.3 is 0 Å². The van der Waals surface area contributed by atoms with Gasteiger partial charge in [0.2, 0.25) is 0 Å². The zero-order chi connectivity index (χ0) is 12.3. The van der Waals surface area contributed by atoms with Crippen molar-refractivity contribution in [3.8, 4) is 11.1 Å². The Morgan fingerprint density at radius 1 is 1.12 bits per heavy atom. The summed E-state index contributed by atoms with van der Waals surface area (Å²) in [6.07, 6.45) is 0. The number of hydrogen-bond acceptors (Lipinski definition) is 2. The van der Waals surface area contributed by atoms with Gasteiger partial charge in [-0.3, -0.25) is 0 Å². The molecule has 0 heterocycles. The van der Waals surface area contributed by atoms with Crippen LogP contribution >= 0.6 is 0 Å². The Bertz CT molecular complexity index is 598. The second-order valence-corrected chi connectivity index (χ2v) is 3.83. The number of nitrogens with zero attached hydrogens (tertiary/aromatic N) is 3. The van der Waals surface area contributed by atoms with Gasteiger partial charge < -0.3 is 5.73 Å². The van der Waals surface area contributed by atoms with E-state index in [-0.39, 0.29) is 0 Å². The molecule has 2 aromatic rings. The molecule has 4 nitrogen and oxygen atoms in total. The molecule has 0 amide bonds. The Labute approximate surface area is 99.3 Å². The Balaban J connectivity index is 2.48. The third kappa shape index (κ3) is 2.38. The van der Waals surface area contributed by atoms with Crippen molar-refractivity contribution in [1.29, 1.82) is 0 Å². The lowest BCUT2D eigenvalue weighted by Crippen LogP contribution is -1.87. The topological polar surface area (TPSA) is 74.8 Å². The number of aryl methyl sites for hydroxylation is 1. The zero-order valence-electron chi connectivity index (χ0n) is 9.46. The quantitative estimate of drug-likeness (QED) is 0.353. The van der Waals surface area contributed by atoms with E-state index in [0.717, 1.165) is 11.1 Å². The van der Waals surface area contributed by atoms with Crippen LogP contribution in [0.2, 0.25) is 0 Å². The molecule has 2 aromatic carbocycles. The van der Waals surface area contributed by atoms with Crippen molar-refractivity contribution in [2.24, 2.45) is 5.11 Å². The van der Waals surface area contributed by atoms with Gasteiger partial charge in [-0.05, 0) is 35.7 Å². The van der Waals surface area contributed by atoms with Crippen LogP contribution in [-0.4, -0.2) is 0 Å². The third-order valence-electron chi connectivity index (χ3n) is 2.53. The summed E-state index contributed by atoms with van der Waals surface area (Å²) in [6.45, 7) is 2.04. The molecule has 0 aliphatic carbocycles. The predicted molar refractivity (Wildman–Crippen MR) is 69.8 cm³/mol. The summed E-state index contributed by atoms with van der Waals surface area (Å²) in [7, 11) is 0. The molecule has 2 rings (SSSR count). The molecule has 0 atom stereocenters. The number of benzene rings is 2. The standard InChI is InChI=1S/C13H12N4/c1-9-3-2-4-10(7-9)11-5-6-13(16-17-15)12(14)8-11/h2-8H,14H2,1H3. The van der Waals surface area contributed by atoms with Gasteiger partial charge in [0, 0.05) is 10.6 Å². The molecule has 0 saturated heterocycles. The van der Waals surface area contributed by atoms with E-state index in [9.17, 15) is 0 Å². The highest BCUT2D eigenvalue weighted by Crippen LogP contribution is 2.29. The third-order valence-corrected chi connectivity index (χ3v) is 2.53. The first-order chi connectivity index (χ1) is 8.20. The summed E-state index contributed by atoms with van der Waals surface area (Å²) < 4.78 is 0. The predicted octanol–water partition coefficient (Wildman–Crippen LogP) is 4.19. The first-order valence-electron chi connectivity index (χ1n) is 5.22. The van der Waals surface area contributed by atoms with Crippen molar-refractivity contribution < 1.29 is 0 Å². The summed E-state index contributed by atoms with van der Waals surface area (Å²) in [5.41, 5.74) is 18.4. The van der Waals surface area contributed by atoms with E-state index in [2.05, 4.69) is 16.1 Å². The molecular formula is C13H12N4. The highest BCUT2D eigenvalue weighted by atomic mass is 15.1. The first-order valence-corrected chi connectivity index (χ1v) is 5.22. The van der Waals surface area contributed by atoms with E-state index in [1.165, 1.54) is 5.56 Å². The molecule has 2 N–H and O–H groups in total. The fraction of sp³-hybridized carbons (Fsp3) is 0.0769. The Kier molecular flexibility index (Phi) is 2.99. The lowest BCUT2D eigenvalue weighted by atomic mass is 10.0. The van der Waals surface area contributed by atoms with Gasteiger partial charge in [-0.25, -0.2) is 0 Å². The molecule has 0 radical (unpaired) electrons. The average Bonchev–Trinajstić information content (AvgIpc) is 2.32. The largest absolute Gasteiger partial charge is 0.398 e. The van der Waals surface area contributed by atoms with Crippen molar-refractivity contribution in [3.05, 3.63) is 58.5 Å². The normalized spacial score (nSPS) is 9.71. The Morgan fingerprint density at radius 2 is 1.88 bits per heavy atom. The monoisotopic (exact) mass is 224 g/mol. The SMILES string of the molecule is Cc1cccc(-c2ccc(N=[N+]=[N-])c(N)c2)c1. The van der Waals surface area contributed by atoms with Gasteiger partial charge in [-0.1, -0.05) is 41.0 Å². The second kappa shape index (κ2) is 4.60. The van der Waals surface area contributed by atoms with Gasteiger partial charge in [-0.2, -0.15) is 0 Å². The summed E-state index contributed by atoms with van der Waals surface area (Å²) in [5, 5.41) is 3.51. The minimum absolute atomic E-state index is 0.462. The minimum Gasteiger partial charge on any atom is -0.398 e. The average molecular weight is 224 g/mol. The van der Waals surface area contributed by atoms with Crippen LogP contribution in [0.5, 0.6) is 0 Å². The van der Waals surface area contributed by atoms with Gasteiger partial charge in [0.15, 0.2) is 0 Å². The van der Waals surface area contributed by atoms with Gasteiger partial charge in [0.1, 0.15) is 0 Å². The number of hydrogen-bond donors (Lipinski definition) is 1. The minimum atomic E-state index is 0.462. The van der Waals surface area contributed by atoms with E-state index in [4.69, 9.17) is 11.3 Å². The van der Waals surface area contributed by atoms with E-state index < -0.39 is 0 Å². The number of nitrogens with two attached hydrogens (primary N) is 1. The maximum atomic E-state index is 8.37. The molecule has 0 saturated carbocycles. The molecule has 0 spiro atoms. The molecular weight excluding hydrogens is 212 g/mol. The van der Waals surface area contributed by atoms with Crippen molar-refractivity contribution in [1.82, 2.24) is 0 Å². The molecule has 0 bridgehead atoms. The van der Waals surface area contributed by atoms with E-state index in [0.29, 0.717) is 11.4 Å². The highest BCUT2D eigenvalue weighted by molar-refractivity contribution is 5.74. The van der Waals surface area contributed by atoms with Gasteiger partial charge in [-0.15, -0.1) is 0 Å². The van der Waals surface area contributed by atoms with Crippen molar-refractivity contribution in [3.63, 3.8) is 0 Å². The molecule has 0 aromatic heterocycles. The Hall–Kier alpha value is -2.45. The van der Waals surface area contributed by atoms with Crippen LogP contribution in [0, 0.1) is 6.92 Å². The van der Waals surface area contributed by atoms with E-state index in [1.807, 2.05) is 37.3 Å². The summed E-state index contributed by atoms with van der Waals surface area (Å²) in [6, 6.07) is 13.6. The molecule has 0 aliphatic heterocycles. The Morgan fingerprint density at radius 3 is 2.53 bits per heavy atom. The fourth-order valence-corrected chi connectivity index (χ4v) is 1.70. The maximum absolute atomic E-state index is 8.37.